The smallest absolute Gasteiger partial charge is 0.167 e. The van der Waals surface area contributed by atoms with E-state index in [1.165, 1.54) is 44.8 Å². The SMILES string of the molecule is OC[C@H]1O[C@@H](n2cnc3c(NCC4CCCCC4)ncnc32)[C@H](O)[C@@H]1O. The molecule has 3 heterocycles. The van der Waals surface area contributed by atoms with Crippen LogP contribution in [0.25, 0.3) is 11.2 Å². The molecule has 1 saturated carbocycles. The van der Waals surface area contributed by atoms with Gasteiger partial charge in [-0.05, 0) is 18.8 Å². The highest BCUT2D eigenvalue weighted by Crippen LogP contribution is 2.32. The van der Waals surface area contributed by atoms with Crippen molar-refractivity contribution < 1.29 is 20.1 Å². The van der Waals surface area contributed by atoms with Crippen molar-refractivity contribution in [2.75, 3.05) is 18.5 Å². The zero-order chi connectivity index (χ0) is 18.1. The summed E-state index contributed by atoms with van der Waals surface area (Å²) in [6, 6.07) is 0. The Morgan fingerprint density at radius 1 is 1.12 bits per heavy atom. The Bertz CT molecular complexity index is 748. The van der Waals surface area contributed by atoms with E-state index in [0.717, 1.165) is 6.54 Å². The first kappa shape index (κ1) is 17.6. The van der Waals surface area contributed by atoms with E-state index in [1.807, 2.05) is 0 Å². The van der Waals surface area contributed by atoms with E-state index in [0.29, 0.717) is 22.9 Å². The molecule has 9 nitrogen and oxygen atoms in total. The Morgan fingerprint density at radius 2 is 1.92 bits per heavy atom. The average molecular weight is 363 g/mol. The summed E-state index contributed by atoms with van der Waals surface area (Å²) in [6.07, 6.45) is 5.31. The van der Waals surface area contributed by atoms with Gasteiger partial charge in [-0.2, -0.15) is 0 Å². The molecule has 0 bridgehead atoms. The van der Waals surface area contributed by atoms with Crippen LogP contribution in [0.15, 0.2) is 12.7 Å². The second kappa shape index (κ2) is 7.43. The summed E-state index contributed by atoms with van der Waals surface area (Å²) in [5, 5.41) is 32.9. The summed E-state index contributed by atoms with van der Waals surface area (Å²) >= 11 is 0. The summed E-state index contributed by atoms with van der Waals surface area (Å²) in [6.45, 7) is 0.483. The van der Waals surface area contributed by atoms with E-state index in [2.05, 4.69) is 20.3 Å². The number of anilines is 1. The lowest BCUT2D eigenvalue weighted by Crippen LogP contribution is -2.33. The highest BCUT2D eigenvalue weighted by Gasteiger charge is 2.44. The molecule has 2 fully saturated rings. The second-order valence-electron chi connectivity index (χ2n) is 7.16. The van der Waals surface area contributed by atoms with E-state index in [4.69, 9.17) is 4.74 Å². The van der Waals surface area contributed by atoms with Crippen LogP contribution in [0.2, 0.25) is 0 Å². The third kappa shape index (κ3) is 3.16. The van der Waals surface area contributed by atoms with Crippen LogP contribution in [-0.4, -0.2) is 66.3 Å². The summed E-state index contributed by atoms with van der Waals surface area (Å²) in [5.41, 5.74) is 1.11. The third-order valence-electron chi connectivity index (χ3n) is 5.43. The first-order valence-corrected chi connectivity index (χ1v) is 9.23. The molecule has 0 radical (unpaired) electrons. The minimum absolute atomic E-state index is 0.371. The topological polar surface area (TPSA) is 126 Å². The van der Waals surface area contributed by atoms with Crippen LogP contribution in [0.5, 0.6) is 0 Å². The van der Waals surface area contributed by atoms with Gasteiger partial charge in [-0.3, -0.25) is 4.57 Å². The van der Waals surface area contributed by atoms with Gasteiger partial charge in [0, 0.05) is 6.54 Å². The van der Waals surface area contributed by atoms with Gasteiger partial charge in [-0.25, -0.2) is 15.0 Å². The molecule has 1 aliphatic carbocycles. The standard InChI is InChI=1S/C17H25N5O4/c23-7-11-13(24)14(25)17(26-11)22-9-21-12-15(19-8-20-16(12)22)18-6-10-4-2-1-3-5-10/h8-11,13-14,17,23-25H,1-7H2,(H,18,19,20)/t11-,13-,14-,17-/m1/s1. The second-order valence-corrected chi connectivity index (χ2v) is 7.16. The number of aliphatic hydroxyl groups is 3. The quantitative estimate of drug-likeness (QED) is 0.603. The fourth-order valence-corrected chi connectivity index (χ4v) is 3.91. The maximum atomic E-state index is 10.2. The molecule has 26 heavy (non-hydrogen) atoms. The summed E-state index contributed by atoms with van der Waals surface area (Å²) in [7, 11) is 0. The molecule has 2 aliphatic rings. The number of imidazole rings is 1. The summed E-state index contributed by atoms with van der Waals surface area (Å²) < 4.78 is 7.15. The highest BCUT2D eigenvalue weighted by molar-refractivity contribution is 5.82. The zero-order valence-corrected chi connectivity index (χ0v) is 14.5. The molecule has 142 valence electrons. The molecule has 1 saturated heterocycles. The van der Waals surface area contributed by atoms with Crippen LogP contribution in [0.4, 0.5) is 5.82 Å². The normalized spacial score (nSPS) is 30.1. The van der Waals surface area contributed by atoms with Crippen molar-refractivity contribution in [3.63, 3.8) is 0 Å². The predicted octanol–water partition coefficient (Wildman–Crippen LogP) is 0.430. The number of ether oxygens (including phenoxy) is 1. The molecule has 2 aromatic heterocycles. The van der Waals surface area contributed by atoms with Crippen LogP contribution >= 0.6 is 0 Å². The molecule has 4 N–H and O–H groups in total. The lowest BCUT2D eigenvalue weighted by molar-refractivity contribution is -0.0511. The van der Waals surface area contributed by atoms with Gasteiger partial charge >= 0.3 is 0 Å². The van der Waals surface area contributed by atoms with Crippen LogP contribution in [0.1, 0.15) is 38.3 Å². The van der Waals surface area contributed by atoms with Crippen molar-refractivity contribution in [3.05, 3.63) is 12.7 Å². The zero-order valence-electron chi connectivity index (χ0n) is 14.5. The number of aliphatic hydroxyl groups excluding tert-OH is 3. The molecule has 0 unspecified atom stereocenters. The number of aromatic nitrogens is 4. The lowest BCUT2D eigenvalue weighted by atomic mass is 9.89. The maximum Gasteiger partial charge on any atom is 0.167 e. The summed E-state index contributed by atoms with van der Waals surface area (Å²) in [4.78, 5) is 12.9. The van der Waals surface area contributed by atoms with E-state index in [9.17, 15) is 15.3 Å². The van der Waals surface area contributed by atoms with Crippen molar-refractivity contribution in [3.8, 4) is 0 Å². The first-order valence-electron chi connectivity index (χ1n) is 9.23. The van der Waals surface area contributed by atoms with Crippen LogP contribution in [0, 0.1) is 5.92 Å². The lowest BCUT2D eigenvalue weighted by Gasteiger charge is -2.22. The van der Waals surface area contributed by atoms with Gasteiger partial charge in [0.25, 0.3) is 0 Å². The number of hydrogen-bond acceptors (Lipinski definition) is 8. The van der Waals surface area contributed by atoms with Crippen molar-refractivity contribution in [1.29, 1.82) is 0 Å². The molecule has 1 aliphatic heterocycles. The number of nitrogens with zero attached hydrogens (tertiary/aromatic N) is 4. The minimum atomic E-state index is -1.17. The molecule has 0 amide bonds. The van der Waals surface area contributed by atoms with Crippen molar-refractivity contribution in [2.45, 2.75) is 56.6 Å². The van der Waals surface area contributed by atoms with E-state index in [1.54, 1.807) is 4.57 Å². The predicted molar refractivity (Wildman–Crippen MR) is 93.4 cm³/mol. The van der Waals surface area contributed by atoms with E-state index in [-0.39, 0.29) is 6.61 Å². The third-order valence-corrected chi connectivity index (χ3v) is 5.43. The van der Waals surface area contributed by atoms with Gasteiger partial charge in [-0.1, -0.05) is 19.3 Å². The average Bonchev–Trinajstić information content (AvgIpc) is 3.23. The number of hydrogen-bond donors (Lipinski definition) is 4. The number of nitrogens with one attached hydrogen (secondary N) is 1. The van der Waals surface area contributed by atoms with Gasteiger partial charge in [-0.15, -0.1) is 0 Å². The number of fused-ring (bicyclic) bond motifs is 1. The van der Waals surface area contributed by atoms with Gasteiger partial charge in [0.2, 0.25) is 0 Å². The van der Waals surface area contributed by atoms with Crippen molar-refractivity contribution >= 4 is 17.0 Å². The van der Waals surface area contributed by atoms with Crippen LogP contribution in [0.3, 0.4) is 0 Å². The maximum absolute atomic E-state index is 10.2. The van der Waals surface area contributed by atoms with E-state index >= 15 is 0 Å². The van der Waals surface area contributed by atoms with Crippen molar-refractivity contribution in [2.24, 2.45) is 5.92 Å². The molecule has 9 heteroatoms. The monoisotopic (exact) mass is 363 g/mol. The van der Waals surface area contributed by atoms with Gasteiger partial charge in [0.15, 0.2) is 23.2 Å². The Morgan fingerprint density at radius 3 is 2.65 bits per heavy atom. The molecule has 2 aromatic rings. The fourth-order valence-electron chi connectivity index (χ4n) is 3.91. The Balaban J connectivity index is 1.55. The largest absolute Gasteiger partial charge is 0.394 e. The highest BCUT2D eigenvalue weighted by atomic mass is 16.6. The summed E-state index contributed by atoms with van der Waals surface area (Å²) in [5.74, 6) is 1.31. The van der Waals surface area contributed by atoms with Gasteiger partial charge < -0.3 is 25.4 Å². The van der Waals surface area contributed by atoms with Gasteiger partial charge in [0.1, 0.15) is 24.6 Å². The molecule has 4 rings (SSSR count). The molecule has 0 aromatic carbocycles. The Hall–Kier alpha value is -1.81. The Kier molecular flexibility index (Phi) is 5.03. The van der Waals surface area contributed by atoms with Crippen LogP contribution < -0.4 is 5.32 Å². The fraction of sp³-hybridized carbons (Fsp3) is 0.706. The van der Waals surface area contributed by atoms with E-state index < -0.39 is 24.5 Å². The molecular weight excluding hydrogens is 338 g/mol. The molecular formula is C17H25N5O4. The van der Waals surface area contributed by atoms with Crippen molar-refractivity contribution in [1.82, 2.24) is 19.5 Å². The molecule has 4 atom stereocenters. The van der Waals surface area contributed by atoms with Crippen LogP contribution in [-0.2, 0) is 4.74 Å². The molecule has 0 spiro atoms. The first-order chi connectivity index (χ1) is 12.7. The minimum Gasteiger partial charge on any atom is -0.394 e. The Labute approximate surface area is 151 Å². The van der Waals surface area contributed by atoms with Gasteiger partial charge in [0.05, 0.1) is 12.9 Å². The number of rotatable bonds is 5.